The van der Waals surface area contributed by atoms with Crippen LogP contribution >= 0.6 is 0 Å². The number of nitrogens with zero attached hydrogens (tertiary/aromatic N) is 2. The molecule has 0 unspecified atom stereocenters. The van der Waals surface area contributed by atoms with Gasteiger partial charge in [0.25, 0.3) is 11.5 Å². The molecule has 3 rings (SSSR count). The standard InChI is InChI=1S/C24H27N3O4/c1-4-17(18-10-6-5-7-11-18)15-25-23(29)16(2)31-22(28)14-21-19-12-8-9-13-20(19)24(30)27(3)26-21/h5-13,16-17H,4,14-15H2,1-3H3,(H,25,29)/t16-,17+/m0/s1. The van der Waals surface area contributed by atoms with Crippen molar-refractivity contribution in [3.8, 4) is 0 Å². The van der Waals surface area contributed by atoms with Crippen molar-refractivity contribution in [1.29, 1.82) is 0 Å². The lowest BCUT2D eigenvalue weighted by atomic mass is 9.96. The molecule has 1 heterocycles. The predicted octanol–water partition coefficient (Wildman–Crippen LogP) is 2.72. The first-order valence-electron chi connectivity index (χ1n) is 10.4. The quantitative estimate of drug-likeness (QED) is 0.565. The fraction of sp³-hybridized carbons (Fsp3) is 0.333. The molecule has 2 atom stereocenters. The lowest BCUT2D eigenvalue weighted by molar-refractivity contribution is -0.154. The zero-order valence-corrected chi connectivity index (χ0v) is 18.0. The van der Waals surface area contributed by atoms with Crippen molar-refractivity contribution in [1.82, 2.24) is 15.1 Å². The first-order valence-corrected chi connectivity index (χ1v) is 10.4. The summed E-state index contributed by atoms with van der Waals surface area (Å²) < 4.78 is 6.53. The fourth-order valence-electron chi connectivity index (χ4n) is 3.53. The number of hydrogen-bond donors (Lipinski definition) is 1. The normalized spacial score (nSPS) is 12.9. The summed E-state index contributed by atoms with van der Waals surface area (Å²) in [4.78, 5) is 37.1. The predicted molar refractivity (Wildman–Crippen MR) is 119 cm³/mol. The number of ether oxygens (including phenoxy) is 1. The molecule has 162 valence electrons. The minimum Gasteiger partial charge on any atom is -0.452 e. The van der Waals surface area contributed by atoms with E-state index in [2.05, 4.69) is 17.3 Å². The molecule has 0 aliphatic rings. The number of hydrogen-bond acceptors (Lipinski definition) is 5. The second kappa shape index (κ2) is 10.0. The molecule has 0 aliphatic carbocycles. The maximum atomic E-state index is 12.5. The lowest BCUT2D eigenvalue weighted by Gasteiger charge is -2.18. The van der Waals surface area contributed by atoms with Crippen LogP contribution in [0, 0.1) is 0 Å². The van der Waals surface area contributed by atoms with Crippen molar-refractivity contribution in [2.75, 3.05) is 6.54 Å². The number of esters is 1. The van der Waals surface area contributed by atoms with E-state index in [1.165, 1.54) is 11.7 Å². The van der Waals surface area contributed by atoms with Crippen LogP contribution in [-0.4, -0.2) is 34.3 Å². The summed E-state index contributed by atoms with van der Waals surface area (Å²) in [5.41, 5.74) is 1.36. The van der Waals surface area contributed by atoms with Crippen LogP contribution in [0.5, 0.6) is 0 Å². The number of benzene rings is 2. The van der Waals surface area contributed by atoms with E-state index in [4.69, 9.17) is 4.74 Å². The van der Waals surface area contributed by atoms with Crippen molar-refractivity contribution in [2.45, 2.75) is 38.7 Å². The molecule has 0 aliphatic heterocycles. The molecule has 0 fully saturated rings. The summed E-state index contributed by atoms with van der Waals surface area (Å²) in [6, 6.07) is 17.0. The second-order valence-corrected chi connectivity index (χ2v) is 7.49. The summed E-state index contributed by atoms with van der Waals surface area (Å²) in [6.45, 7) is 4.08. The van der Waals surface area contributed by atoms with E-state index < -0.39 is 12.1 Å². The minimum atomic E-state index is -0.931. The number of rotatable bonds is 8. The Labute approximate surface area is 181 Å². The van der Waals surface area contributed by atoms with Gasteiger partial charge in [-0.1, -0.05) is 55.5 Å². The van der Waals surface area contributed by atoms with Gasteiger partial charge in [0.2, 0.25) is 0 Å². The third kappa shape index (κ3) is 5.36. The minimum absolute atomic E-state index is 0.131. The number of nitrogens with one attached hydrogen (secondary N) is 1. The Bertz CT molecular complexity index is 1120. The van der Waals surface area contributed by atoms with Crippen LogP contribution in [0.4, 0.5) is 0 Å². The third-order valence-electron chi connectivity index (χ3n) is 5.31. The molecule has 31 heavy (non-hydrogen) atoms. The van der Waals surface area contributed by atoms with Crippen molar-refractivity contribution < 1.29 is 14.3 Å². The molecule has 2 aromatic carbocycles. The van der Waals surface area contributed by atoms with Gasteiger partial charge in [0.05, 0.1) is 17.5 Å². The van der Waals surface area contributed by atoms with Crippen LogP contribution in [0.1, 0.15) is 37.4 Å². The highest BCUT2D eigenvalue weighted by molar-refractivity contribution is 5.88. The van der Waals surface area contributed by atoms with Gasteiger partial charge in [0.15, 0.2) is 6.10 Å². The number of fused-ring (bicyclic) bond motifs is 1. The molecule has 1 N–H and O–H groups in total. The van der Waals surface area contributed by atoms with Gasteiger partial charge in [-0.2, -0.15) is 5.10 Å². The van der Waals surface area contributed by atoms with E-state index in [-0.39, 0.29) is 23.8 Å². The largest absolute Gasteiger partial charge is 0.452 e. The van der Waals surface area contributed by atoms with Crippen LogP contribution in [0.15, 0.2) is 59.4 Å². The Balaban J connectivity index is 1.61. The highest BCUT2D eigenvalue weighted by Crippen LogP contribution is 2.18. The van der Waals surface area contributed by atoms with Crippen LogP contribution in [-0.2, 0) is 27.8 Å². The summed E-state index contributed by atoms with van der Waals surface area (Å²) in [7, 11) is 1.54. The first kappa shape index (κ1) is 22.2. The molecule has 0 saturated heterocycles. The van der Waals surface area contributed by atoms with E-state index in [9.17, 15) is 14.4 Å². The van der Waals surface area contributed by atoms with Crippen molar-refractivity contribution in [3.63, 3.8) is 0 Å². The molecular weight excluding hydrogens is 394 g/mol. The van der Waals surface area contributed by atoms with E-state index >= 15 is 0 Å². The zero-order valence-electron chi connectivity index (χ0n) is 18.0. The van der Waals surface area contributed by atoms with Gasteiger partial charge in [-0.3, -0.25) is 14.4 Å². The van der Waals surface area contributed by atoms with Crippen LogP contribution in [0.25, 0.3) is 10.8 Å². The second-order valence-electron chi connectivity index (χ2n) is 7.49. The Morgan fingerprint density at radius 2 is 1.71 bits per heavy atom. The Kier molecular flexibility index (Phi) is 7.18. The molecule has 0 spiro atoms. The fourth-order valence-corrected chi connectivity index (χ4v) is 3.53. The maximum absolute atomic E-state index is 12.5. The van der Waals surface area contributed by atoms with Gasteiger partial charge in [0.1, 0.15) is 0 Å². The maximum Gasteiger partial charge on any atom is 0.312 e. The molecule has 3 aromatic rings. The van der Waals surface area contributed by atoms with E-state index in [1.807, 2.05) is 30.3 Å². The van der Waals surface area contributed by atoms with E-state index in [1.54, 1.807) is 31.2 Å². The van der Waals surface area contributed by atoms with E-state index in [0.717, 1.165) is 12.0 Å². The Hall–Kier alpha value is -3.48. The molecule has 7 nitrogen and oxygen atoms in total. The van der Waals surface area contributed by atoms with Gasteiger partial charge in [-0.05, 0) is 25.0 Å². The molecule has 0 bridgehead atoms. The van der Waals surface area contributed by atoms with Crippen LogP contribution in [0.2, 0.25) is 0 Å². The van der Waals surface area contributed by atoms with Crippen LogP contribution < -0.4 is 10.9 Å². The van der Waals surface area contributed by atoms with Crippen molar-refractivity contribution in [3.05, 3.63) is 76.2 Å². The summed E-state index contributed by atoms with van der Waals surface area (Å²) in [5, 5.41) is 8.16. The van der Waals surface area contributed by atoms with Gasteiger partial charge in [0, 0.05) is 24.9 Å². The van der Waals surface area contributed by atoms with Gasteiger partial charge < -0.3 is 10.1 Å². The average Bonchev–Trinajstić information content (AvgIpc) is 2.78. The smallest absolute Gasteiger partial charge is 0.312 e. The molecular formula is C24H27N3O4. The van der Waals surface area contributed by atoms with E-state index in [0.29, 0.717) is 23.0 Å². The molecule has 7 heteroatoms. The Morgan fingerprint density at radius 3 is 2.39 bits per heavy atom. The molecule has 1 aromatic heterocycles. The monoisotopic (exact) mass is 421 g/mol. The zero-order chi connectivity index (χ0) is 22.4. The van der Waals surface area contributed by atoms with Crippen LogP contribution in [0.3, 0.4) is 0 Å². The van der Waals surface area contributed by atoms with Gasteiger partial charge in [-0.25, -0.2) is 4.68 Å². The van der Waals surface area contributed by atoms with Gasteiger partial charge >= 0.3 is 5.97 Å². The third-order valence-corrected chi connectivity index (χ3v) is 5.31. The molecule has 0 saturated carbocycles. The van der Waals surface area contributed by atoms with Gasteiger partial charge in [-0.15, -0.1) is 0 Å². The number of carbonyl (C=O) groups excluding carboxylic acids is 2. The SMILES string of the molecule is CC[C@H](CNC(=O)[C@H](C)OC(=O)Cc1nn(C)c(=O)c2ccccc12)c1ccccc1. The highest BCUT2D eigenvalue weighted by Gasteiger charge is 2.21. The number of carbonyl (C=O) groups is 2. The molecule has 0 radical (unpaired) electrons. The summed E-state index contributed by atoms with van der Waals surface area (Å²) >= 11 is 0. The summed E-state index contributed by atoms with van der Waals surface area (Å²) in [5.74, 6) is -0.732. The number of aryl methyl sites for hydroxylation is 1. The summed E-state index contributed by atoms with van der Waals surface area (Å²) in [6.07, 6.45) is -0.183. The number of aromatic nitrogens is 2. The van der Waals surface area contributed by atoms with Crippen molar-refractivity contribution in [2.24, 2.45) is 7.05 Å². The lowest BCUT2D eigenvalue weighted by Crippen LogP contribution is -2.38. The van der Waals surface area contributed by atoms with Crippen molar-refractivity contribution >= 4 is 22.6 Å². The highest BCUT2D eigenvalue weighted by atomic mass is 16.5. The first-order chi connectivity index (χ1) is 14.9. The Morgan fingerprint density at radius 1 is 1.06 bits per heavy atom. The molecule has 1 amide bonds. The average molecular weight is 421 g/mol. The number of amides is 1. The topological polar surface area (TPSA) is 90.3 Å².